The first-order chi connectivity index (χ1) is 7.77. The molecule has 0 aromatic heterocycles. The summed E-state index contributed by atoms with van der Waals surface area (Å²) in [6, 6.07) is 4.04. The first-order valence-corrected chi connectivity index (χ1v) is 5.42. The van der Waals surface area contributed by atoms with E-state index >= 15 is 0 Å². The Hall–Kier alpha value is -0.490. The van der Waals surface area contributed by atoms with Gasteiger partial charge in [-0.15, -0.1) is 0 Å². The zero-order valence-electron chi connectivity index (χ0n) is 8.51. The maximum atomic E-state index is 12.4. The SMILES string of the molecule is NCC(c1ccc(Cl)cc1Cl)C(O)C(F)(F)F. The average Bonchev–Trinajstić information content (AvgIpc) is 2.20. The molecule has 96 valence electrons. The molecule has 2 unspecified atom stereocenters. The number of hydrogen-bond donors (Lipinski definition) is 2. The van der Waals surface area contributed by atoms with Gasteiger partial charge >= 0.3 is 6.18 Å². The summed E-state index contributed by atoms with van der Waals surface area (Å²) in [6.07, 6.45) is -7.29. The Kier molecular flexibility index (Phi) is 4.66. The van der Waals surface area contributed by atoms with E-state index in [0.29, 0.717) is 5.02 Å². The Morgan fingerprint density at radius 3 is 2.29 bits per heavy atom. The van der Waals surface area contributed by atoms with E-state index in [1.165, 1.54) is 18.2 Å². The van der Waals surface area contributed by atoms with Crippen molar-refractivity contribution in [2.45, 2.75) is 18.2 Å². The van der Waals surface area contributed by atoms with Gasteiger partial charge in [-0.05, 0) is 17.7 Å². The smallest absolute Gasteiger partial charge is 0.383 e. The van der Waals surface area contributed by atoms with E-state index in [0.717, 1.165) is 0 Å². The van der Waals surface area contributed by atoms with Gasteiger partial charge in [-0.25, -0.2) is 0 Å². The fraction of sp³-hybridized carbons (Fsp3) is 0.400. The van der Waals surface area contributed by atoms with Gasteiger partial charge in [0.05, 0.1) is 0 Å². The van der Waals surface area contributed by atoms with Crippen molar-refractivity contribution < 1.29 is 18.3 Å². The van der Waals surface area contributed by atoms with E-state index in [-0.39, 0.29) is 17.1 Å². The van der Waals surface area contributed by atoms with Gasteiger partial charge in [-0.1, -0.05) is 29.3 Å². The Morgan fingerprint density at radius 2 is 1.88 bits per heavy atom. The highest BCUT2D eigenvalue weighted by atomic mass is 35.5. The fourth-order valence-corrected chi connectivity index (χ4v) is 2.00. The second-order valence-corrected chi connectivity index (χ2v) is 4.34. The molecule has 2 atom stereocenters. The van der Waals surface area contributed by atoms with Crippen molar-refractivity contribution in [3.8, 4) is 0 Å². The zero-order valence-corrected chi connectivity index (χ0v) is 10.0. The fourth-order valence-electron chi connectivity index (χ4n) is 1.46. The summed E-state index contributed by atoms with van der Waals surface area (Å²) in [4.78, 5) is 0. The second kappa shape index (κ2) is 5.44. The molecule has 0 saturated carbocycles. The number of nitrogens with two attached hydrogens (primary N) is 1. The first-order valence-electron chi connectivity index (χ1n) is 4.67. The molecule has 0 heterocycles. The number of aliphatic hydroxyl groups is 1. The van der Waals surface area contributed by atoms with E-state index in [9.17, 15) is 18.3 Å². The third-order valence-corrected chi connectivity index (χ3v) is 2.89. The third-order valence-electron chi connectivity index (χ3n) is 2.33. The number of alkyl halides is 3. The summed E-state index contributed by atoms with van der Waals surface area (Å²) in [5.41, 5.74) is 5.39. The largest absolute Gasteiger partial charge is 0.414 e. The lowest BCUT2D eigenvalue weighted by molar-refractivity contribution is -0.209. The Balaban J connectivity index is 3.10. The van der Waals surface area contributed by atoms with Crippen LogP contribution in [0.1, 0.15) is 11.5 Å². The van der Waals surface area contributed by atoms with Crippen molar-refractivity contribution >= 4 is 23.2 Å². The van der Waals surface area contributed by atoms with Crippen molar-refractivity contribution in [1.82, 2.24) is 0 Å². The highest BCUT2D eigenvalue weighted by Gasteiger charge is 2.44. The van der Waals surface area contributed by atoms with Crippen LogP contribution in [0.5, 0.6) is 0 Å². The molecule has 1 rings (SSSR count). The third kappa shape index (κ3) is 3.48. The number of rotatable bonds is 3. The van der Waals surface area contributed by atoms with Crippen molar-refractivity contribution in [3.05, 3.63) is 33.8 Å². The first kappa shape index (κ1) is 14.6. The van der Waals surface area contributed by atoms with Gasteiger partial charge in [0.25, 0.3) is 0 Å². The molecule has 0 aliphatic heterocycles. The van der Waals surface area contributed by atoms with E-state index in [2.05, 4.69) is 0 Å². The number of hydrogen-bond acceptors (Lipinski definition) is 2. The molecule has 0 radical (unpaired) electrons. The molecule has 0 aliphatic carbocycles. The van der Waals surface area contributed by atoms with Gasteiger partial charge in [0.15, 0.2) is 6.10 Å². The standard InChI is InChI=1S/C10H10Cl2F3NO/c11-5-1-2-6(8(12)3-5)7(4-16)9(17)10(13,14)15/h1-3,7,9,17H,4,16H2. The van der Waals surface area contributed by atoms with Crippen LogP contribution in [0, 0.1) is 0 Å². The molecule has 3 N–H and O–H groups in total. The summed E-state index contributed by atoms with van der Waals surface area (Å²) >= 11 is 11.4. The lowest BCUT2D eigenvalue weighted by Crippen LogP contribution is -2.38. The van der Waals surface area contributed by atoms with Gasteiger partial charge in [-0.2, -0.15) is 13.2 Å². The average molecular weight is 288 g/mol. The van der Waals surface area contributed by atoms with Crippen LogP contribution in [0.3, 0.4) is 0 Å². The Morgan fingerprint density at radius 1 is 1.29 bits per heavy atom. The molecule has 0 aliphatic rings. The van der Waals surface area contributed by atoms with Crippen molar-refractivity contribution in [2.24, 2.45) is 5.73 Å². The normalized spacial score (nSPS) is 15.7. The van der Waals surface area contributed by atoms with E-state index in [1.807, 2.05) is 0 Å². The van der Waals surface area contributed by atoms with Crippen LogP contribution in [0.25, 0.3) is 0 Å². The quantitative estimate of drug-likeness (QED) is 0.898. The lowest BCUT2D eigenvalue weighted by Gasteiger charge is -2.24. The minimum Gasteiger partial charge on any atom is -0.383 e. The number of halogens is 5. The molecular formula is C10H10Cl2F3NO. The van der Waals surface area contributed by atoms with Gasteiger partial charge in [0.1, 0.15) is 0 Å². The molecule has 0 bridgehead atoms. The molecule has 1 aromatic rings. The maximum absolute atomic E-state index is 12.4. The Labute approximate surface area is 106 Å². The molecule has 0 spiro atoms. The predicted octanol–water partition coefficient (Wildman–Crippen LogP) is 2.96. The monoisotopic (exact) mass is 287 g/mol. The molecule has 0 amide bonds. The highest BCUT2D eigenvalue weighted by Crippen LogP contribution is 2.35. The van der Waals surface area contributed by atoms with Gasteiger partial charge in [0.2, 0.25) is 0 Å². The second-order valence-electron chi connectivity index (χ2n) is 3.49. The van der Waals surface area contributed by atoms with E-state index < -0.39 is 18.2 Å². The summed E-state index contributed by atoms with van der Waals surface area (Å²) in [7, 11) is 0. The summed E-state index contributed by atoms with van der Waals surface area (Å²) in [5, 5.41) is 9.55. The minimum atomic E-state index is -4.74. The molecule has 0 fully saturated rings. The van der Waals surface area contributed by atoms with Crippen LogP contribution in [0.15, 0.2) is 18.2 Å². The summed E-state index contributed by atoms with van der Waals surface area (Å²) < 4.78 is 37.2. The number of benzene rings is 1. The van der Waals surface area contributed by atoms with E-state index in [4.69, 9.17) is 28.9 Å². The lowest BCUT2D eigenvalue weighted by atomic mass is 9.93. The number of aliphatic hydroxyl groups excluding tert-OH is 1. The highest BCUT2D eigenvalue weighted by molar-refractivity contribution is 6.35. The van der Waals surface area contributed by atoms with Crippen molar-refractivity contribution in [2.75, 3.05) is 6.54 Å². The Bertz CT molecular complexity index is 398. The van der Waals surface area contributed by atoms with Crippen LogP contribution in [0.4, 0.5) is 13.2 Å². The molecule has 1 aromatic carbocycles. The van der Waals surface area contributed by atoms with Crippen molar-refractivity contribution in [1.29, 1.82) is 0 Å². The van der Waals surface area contributed by atoms with Crippen LogP contribution in [-0.2, 0) is 0 Å². The maximum Gasteiger partial charge on any atom is 0.414 e. The molecular weight excluding hydrogens is 278 g/mol. The topological polar surface area (TPSA) is 46.2 Å². The van der Waals surface area contributed by atoms with Gasteiger partial charge in [0, 0.05) is 22.5 Å². The molecule has 7 heteroatoms. The zero-order chi connectivity index (χ0) is 13.2. The summed E-state index contributed by atoms with van der Waals surface area (Å²) in [5.74, 6) is -1.31. The molecule has 0 saturated heterocycles. The molecule has 2 nitrogen and oxygen atoms in total. The van der Waals surface area contributed by atoms with Crippen molar-refractivity contribution in [3.63, 3.8) is 0 Å². The minimum absolute atomic E-state index is 0.0521. The van der Waals surface area contributed by atoms with Crippen LogP contribution in [-0.4, -0.2) is 23.9 Å². The van der Waals surface area contributed by atoms with Gasteiger partial charge in [-0.3, -0.25) is 0 Å². The van der Waals surface area contributed by atoms with Crippen LogP contribution < -0.4 is 5.73 Å². The van der Waals surface area contributed by atoms with E-state index in [1.54, 1.807) is 0 Å². The van der Waals surface area contributed by atoms with Crippen LogP contribution in [0.2, 0.25) is 10.0 Å². The predicted molar refractivity (Wildman–Crippen MR) is 60.3 cm³/mol. The van der Waals surface area contributed by atoms with Gasteiger partial charge < -0.3 is 10.8 Å². The van der Waals surface area contributed by atoms with Crippen LogP contribution >= 0.6 is 23.2 Å². The summed E-state index contributed by atoms with van der Waals surface area (Å²) in [6.45, 7) is -0.373. The molecule has 17 heavy (non-hydrogen) atoms.